The number of halogens is 2. The molecule has 0 amide bonds. The van der Waals surface area contributed by atoms with Crippen LogP contribution in [0.25, 0.3) is 21.5 Å². The van der Waals surface area contributed by atoms with Crippen LogP contribution in [0.15, 0.2) is 103 Å². The standard InChI is InChI=1S/C26H17F2OP/c27-19-9-13-21(14-10-19)30(29,22-15-11-20(28)12-16-22)26-17-18-5-1-2-6-23(18)24-7-3-4-8-25(24)26/h1-17H. The Morgan fingerprint density at radius 2 is 1.00 bits per heavy atom. The molecule has 0 aliphatic carbocycles. The molecular weight excluding hydrogens is 397 g/mol. The molecule has 0 aliphatic heterocycles. The van der Waals surface area contributed by atoms with Crippen molar-refractivity contribution in [2.75, 3.05) is 0 Å². The zero-order valence-corrected chi connectivity index (χ0v) is 16.8. The van der Waals surface area contributed by atoms with Gasteiger partial charge in [-0.2, -0.15) is 0 Å². The average Bonchev–Trinajstić information content (AvgIpc) is 2.79. The molecule has 0 heterocycles. The van der Waals surface area contributed by atoms with E-state index in [1.165, 1.54) is 24.3 Å². The number of rotatable bonds is 3. The molecule has 146 valence electrons. The third-order valence-corrected chi connectivity index (χ3v) is 8.57. The summed E-state index contributed by atoms with van der Waals surface area (Å²) in [5, 5.41) is 5.59. The second-order valence-corrected chi connectivity index (χ2v) is 9.96. The molecule has 0 bridgehead atoms. The Hall–Kier alpha value is -3.29. The monoisotopic (exact) mass is 414 g/mol. The summed E-state index contributed by atoms with van der Waals surface area (Å²) in [6.07, 6.45) is 0. The van der Waals surface area contributed by atoms with Crippen LogP contribution >= 0.6 is 7.14 Å². The molecule has 0 aromatic heterocycles. The van der Waals surface area contributed by atoms with E-state index >= 15 is 0 Å². The summed E-state index contributed by atoms with van der Waals surface area (Å²) in [5.41, 5.74) is 0. The highest BCUT2D eigenvalue weighted by molar-refractivity contribution is 7.85. The molecule has 0 aliphatic rings. The van der Waals surface area contributed by atoms with E-state index in [9.17, 15) is 13.3 Å². The highest BCUT2D eigenvalue weighted by Gasteiger charge is 2.32. The van der Waals surface area contributed by atoms with Crippen LogP contribution in [0.2, 0.25) is 0 Å². The van der Waals surface area contributed by atoms with E-state index in [0.717, 1.165) is 21.5 Å². The van der Waals surface area contributed by atoms with Gasteiger partial charge in [0, 0.05) is 15.9 Å². The van der Waals surface area contributed by atoms with Gasteiger partial charge in [-0.25, -0.2) is 8.78 Å². The normalized spacial score (nSPS) is 11.8. The van der Waals surface area contributed by atoms with Gasteiger partial charge in [-0.15, -0.1) is 0 Å². The fraction of sp³-hybridized carbons (Fsp3) is 0. The fourth-order valence-electron chi connectivity index (χ4n) is 4.02. The second-order valence-electron chi connectivity index (χ2n) is 7.22. The average molecular weight is 414 g/mol. The number of hydrogen-bond acceptors (Lipinski definition) is 1. The third kappa shape index (κ3) is 2.94. The van der Waals surface area contributed by atoms with Crippen molar-refractivity contribution in [2.24, 2.45) is 0 Å². The van der Waals surface area contributed by atoms with Gasteiger partial charge < -0.3 is 4.57 Å². The summed E-state index contributed by atoms with van der Waals surface area (Å²) in [7, 11) is -3.40. The van der Waals surface area contributed by atoms with Crippen LogP contribution in [0.5, 0.6) is 0 Å². The topological polar surface area (TPSA) is 17.1 Å². The van der Waals surface area contributed by atoms with Crippen molar-refractivity contribution in [3.05, 3.63) is 115 Å². The molecule has 4 heteroatoms. The van der Waals surface area contributed by atoms with Gasteiger partial charge in [0.05, 0.1) is 0 Å². The van der Waals surface area contributed by atoms with Gasteiger partial charge in [0.1, 0.15) is 11.6 Å². The maximum atomic E-state index is 14.9. The fourth-order valence-corrected chi connectivity index (χ4v) is 6.87. The molecule has 5 aromatic carbocycles. The summed E-state index contributed by atoms with van der Waals surface area (Å²) in [6, 6.07) is 29.2. The molecule has 30 heavy (non-hydrogen) atoms. The maximum absolute atomic E-state index is 14.9. The summed E-state index contributed by atoms with van der Waals surface area (Å²) in [5.74, 6) is -0.791. The van der Waals surface area contributed by atoms with E-state index in [1.54, 1.807) is 24.3 Å². The van der Waals surface area contributed by atoms with Crippen molar-refractivity contribution in [1.29, 1.82) is 0 Å². The Balaban J connectivity index is 1.93. The van der Waals surface area contributed by atoms with Gasteiger partial charge in [-0.05, 0) is 76.1 Å². The molecule has 5 rings (SSSR count). The van der Waals surface area contributed by atoms with Crippen molar-refractivity contribution in [1.82, 2.24) is 0 Å². The van der Waals surface area contributed by atoms with E-state index in [2.05, 4.69) is 0 Å². The number of fused-ring (bicyclic) bond motifs is 3. The first-order chi connectivity index (χ1) is 14.6. The molecule has 0 unspecified atom stereocenters. The first-order valence-corrected chi connectivity index (χ1v) is 11.3. The Morgan fingerprint density at radius 3 is 1.57 bits per heavy atom. The lowest BCUT2D eigenvalue weighted by molar-refractivity contribution is 0.592. The van der Waals surface area contributed by atoms with Crippen molar-refractivity contribution < 1.29 is 13.3 Å². The molecule has 0 saturated heterocycles. The Morgan fingerprint density at radius 1 is 0.533 bits per heavy atom. The van der Waals surface area contributed by atoms with Crippen LogP contribution in [0, 0.1) is 11.6 Å². The summed E-state index contributed by atoms with van der Waals surface area (Å²) in [6.45, 7) is 0. The molecule has 0 fully saturated rings. The highest BCUT2D eigenvalue weighted by Crippen LogP contribution is 2.45. The second kappa shape index (κ2) is 7.19. The van der Waals surface area contributed by atoms with Crippen LogP contribution in [-0.2, 0) is 4.57 Å². The van der Waals surface area contributed by atoms with Crippen LogP contribution in [0.1, 0.15) is 0 Å². The zero-order chi connectivity index (χ0) is 20.7. The van der Waals surface area contributed by atoms with Gasteiger partial charge in [-0.3, -0.25) is 0 Å². The van der Waals surface area contributed by atoms with Crippen LogP contribution in [-0.4, -0.2) is 0 Å². The molecule has 0 saturated carbocycles. The Labute approximate surface area is 173 Å². The highest BCUT2D eigenvalue weighted by atomic mass is 31.2. The van der Waals surface area contributed by atoms with Crippen LogP contribution in [0.4, 0.5) is 8.78 Å². The predicted octanol–water partition coefficient (Wildman–Crippen LogP) is 5.91. The SMILES string of the molecule is O=P(c1ccc(F)cc1)(c1ccc(F)cc1)c1cc2ccccc2c2ccccc12. The lowest BCUT2D eigenvalue weighted by Crippen LogP contribution is -2.26. The van der Waals surface area contributed by atoms with Gasteiger partial charge in [0.2, 0.25) is 0 Å². The molecule has 0 radical (unpaired) electrons. The third-order valence-electron chi connectivity index (χ3n) is 5.47. The van der Waals surface area contributed by atoms with Gasteiger partial charge in [-0.1, -0.05) is 48.5 Å². The quantitative estimate of drug-likeness (QED) is 0.265. The Bertz CT molecular complexity index is 1370. The molecular formula is C26H17F2OP. The summed E-state index contributed by atoms with van der Waals surface area (Å²) < 4.78 is 42.2. The minimum Gasteiger partial charge on any atom is -0.309 e. The van der Waals surface area contributed by atoms with Gasteiger partial charge in [0.15, 0.2) is 7.14 Å². The maximum Gasteiger partial charge on any atom is 0.171 e. The number of hydrogen-bond donors (Lipinski definition) is 0. The van der Waals surface area contributed by atoms with Crippen molar-refractivity contribution in [2.45, 2.75) is 0 Å². The van der Waals surface area contributed by atoms with Crippen molar-refractivity contribution >= 4 is 44.6 Å². The lowest BCUT2D eigenvalue weighted by atomic mass is 10.0. The van der Waals surface area contributed by atoms with Crippen molar-refractivity contribution in [3.8, 4) is 0 Å². The summed E-state index contributed by atoms with van der Waals surface area (Å²) >= 11 is 0. The Kier molecular flexibility index (Phi) is 4.49. The minimum absolute atomic E-state index is 0.396. The van der Waals surface area contributed by atoms with E-state index in [-0.39, 0.29) is 0 Å². The minimum atomic E-state index is -3.40. The molecule has 0 spiro atoms. The molecule has 0 atom stereocenters. The van der Waals surface area contributed by atoms with E-state index in [1.807, 2.05) is 54.6 Å². The molecule has 0 N–H and O–H groups in total. The smallest absolute Gasteiger partial charge is 0.171 e. The van der Waals surface area contributed by atoms with Gasteiger partial charge in [0.25, 0.3) is 0 Å². The molecule has 1 nitrogen and oxygen atoms in total. The first-order valence-electron chi connectivity index (χ1n) is 9.61. The molecule has 5 aromatic rings. The summed E-state index contributed by atoms with van der Waals surface area (Å²) in [4.78, 5) is 0. The van der Waals surface area contributed by atoms with Crippen molar-refractivity contribution in [3.63, 3.8) is 0 Å². The first kappa shape index (κ1) is 18.7. The number of benzene rings is 5. The van der Waals surface area contributed by atoms with E-state index < -0.39 is 18.8 Å². The van der Waals surface area contributed by atoms with Crippen LogP contribution < -0.4 is 15.9 Å². The van der Waals surface area contributed by atoms with E-state index in [0.29, 0.717) is 15.9 Å². The lowest BCUT2D eigenvalue weighted by Gasteiger charge is -2.22. The van der Waals surface area contributed by atoms with Gasteiger partial charge >= 0.3 is 0 Å². The van der Waals surface area contributed by atoms with E-state index in [4.69, 9.17) is 0 Å². The largest absolute Gasteiger partial charge is 0.309 e. The van der Waals surface area contributed by atoms with Crippen LogP contribution in [0.3, 0.4) is 0 Å². The zero-order valence-electron chi connectivity index (χ0n) is 15.9. The predicted molar refractivity (Wildman–Crippen MR) is 121 cm³/mol.